The fraction of sp³-hybridized carbons (Fsp3) is 0.500. The first-order valence-corrected chi connectivity index (χ1v) is 5.25. The number of aliphatic hydroxyl groups is 3. The van der Waals surface area contributed by atoms with Crippen molar-refractivity contribution in [3.05, 3.63) is 29.3 Å². The molecule has 0 bridgehead atoms. The Kier molecular flexibility index (Phi) is 5.25. The minimum Gasteiger partial charge on any atom is -0.493 e. The molecule has 3 N–H and O–H groups in total. The van der Waals surface area contributed by atoms with E-state index >= 15 is 0 Å². The van der Waals surface area contributed by atoms with Crippen LogP contribution in [0, 0.1) is 12.8 Å². The number of hydrogen-bond acceptors (Lipinski definition) is 4. The smallest absolute Gasteiger partial charge is 0.119 e. The fourth-order valence-electron chi connectivity index (χ4n) is 1.38. The summed E-state index contributed by atoms with van der Waals surface area (Å²) in [4.78, 5) is 0. The van der Waals surface area contributed by atoms with Gasteiger partial charge in [0.2, 0.25) is 0 Å². The van der Waals surface area contributed by atoms with E-state index in [4.69, 9.17) is 20.1 Å². The second kappa shape index (κ2) is 6.48. The van der Waals surface area contributed by atoms with Gasteiger partial charge in [0.1, 0.15) is 5.75 Å². The minimum atomic E-state index is -0.266. The molecule has 4 nitrogen and oxygen atoms in total. The molecule has 0 atom stereocenters. The molecule has 1 aromatic rings. The van der Waals surface area contributed by atoms with E-state index in [9.17, 15) is 0 Å². The number of aryl methyl sites for hydroxylation is 1. The van der Waals surface area contributed by atoms with Crippen LogP contribution in [0.1, 0.15) is 11.1 Å². The van der Waals surface area contributed by atoms with E-state index < -0.39 is 0 Å². The average molecular weight is 226 g/mol. The first kappa shape index (κ1) is 13.0. The second-order valence-corrected chi connectivity index (χ2v) is 3.85. The molecule has 16 heavy (non-hydrogen) atoms. The first-order chi connectivity index (χ1) is 7.69. The highest BCUT2D eigenvalue weighted by Gasteiger charge is 2.07. The zero-order chi connectivity index (χ0) is 12.0. The van der Waals surface area contributed by atoms with Gasteiger partial charge >= 0.3 is 0 Å². The van der Waals surface area contributed by atoms with Gasteiger partial charge in [-0.25, -0.2) is 0 Å². The lowest BCUT2D eigenvalue weighted by Crippen LogP contribution is -2.19. The number of benzene rings is 1. The molecule has 0 radical (unpaired) electrons. The van der Waals surface area contributed by atoms with Gasteiger partial charge in [0.25, 0.3) is 0 Å². The molecule has 0 saturated heterocycles. The monoisotopic (exact) mass is 226 g/mol. The van der Waals surface area contributed by atoms with Crippen LogP contribution in [0.25, 0.3) is 0 Å². The van der Waals surface area contributed by atoms with Crippen LogP contribution < -0.4 is 4.74 Å². The molecule has 0 saturated carbocycles. The van der Waals surface area contributed by atoms with Gasteiger partial charge in [-0.3, -0.25) is 0 Å². The summed E-state index contributed by atoms with van der Waals surface area (Å²) in [6.45, 7) is 1.95. The van der Waals surface area contributed by atoms with E-state index in [-0.39, 0.29) is 32.3 Å². The van der Waals surface area contributed by atoms with Gasteiger partial charge in [-0.15, -0.1) is 0 Å². The normalized spacial score (nSPS) is 10.8. The molecule has 0 aliphatic heterocycles. The molecule has 0 heterocycles. The van der Waals surface area contributed by atoms with Crippen molar-refractivity contribution in [1.29, 1.82) is 0 Å². The fourth-order valence-corrected chi connectivity index (χ4v) is 1.38. The molecule has 4 heteroatoms. The van der Waals surface area contributed by atoms with Crippen molar-refractivity contribution < 1.29 is 20.1 Å². The highest BCUT2D eigenvalue weighted by Crippen LogP contribution is 2.17. The Labute approximate surface area is 95.1 Å². The van der Waals surface area contributed by atoms with E-state index in [0.29, 0.717) is 5.75 Å². The van der Waals surface area contributed by atoms with E-state index in [0.717, 1.165) is 11.1 Å². The van der Waals surface area contributed by atoms with Crippen LogP contribution in [0.4, 0.5) is 0 Å². The predicted octanol–water partition coefficient (Wildman–Crippen LogP) is 0.467. The third kappa shape index (κ3) is 3.81. The van der Waals surface area contributed by atoms with Crippen molar-refractivity contribution in [3.8, 4) is 5.75 Å². The summed E-state index contributed by atoms with van der Waals surface area (Å²) in [7, 11) is 0. The van der Waals surface area contributed by atoms with Crippen molar-refractivity contribution in [1.82, 2.24) is 0 Å². The number of hydrogen-bond donors (Lipinski definition) is 3. The van der Waals surface area contributed by atoms with E-state index in [1.807, 2.05) is 19.1 Å². The number of ether oxygens (including phenoxy) is 1. The van der Waals surface area contributed by atoms with E-state index in [1.165, 1.54) is 0 Å². The topological polar surface area (TPSA) is 69.9 Å². The molecule has 1 aromatic carbocycles. The summed E-state index contributed by atoms with van der Waals surface area (Å²) in [6, 6.07) is 5.48. The molecule has 0 spiro atoms. The summed E-state index contributed by atoms with van der Waals surface area (Å²) >= 11 is 0. The summed E-state index contributed by atoms with van der Waals surface area (Å²) in [5, 5.41) is 26.8. The molecule has 0 aliphatic rings. The SMILES string of the molecule is Cc1cc(CO)cc(OCC(CO)CO)c1. The maximum absolute atomic E-state index is 9.02. The maximum atomic E-state index is 9.02. The second-order valence-electron chi connectivity index (χ2n) is 3.85. The minimum absolute atomic E-state index is 0.0263. The zero-order valence-electron chi connectivity index (χ0n) is 9.39. The van der Waals surface area contributed by atoms with Crippen molar-refractivity contribution in [2.24, 2.45) is 5.92 Å². The van der Waals surface area contributed by atoms with Gasteiger partial charge in [-0.1, -0.05) is 6.07 Å². The summed E-state index contributed by atoms with van der Waals surface area (Å²) in [5.74, 6) is 0.383. The molecular weight excluding hydrogens is 208 g/mol. The third-order valence-electron chi connectivity index (χ3n) is 2.30. The Morgan fingerprint density at radius 3 is 2.38 bits per heavy atom. The third-order valence-corrected chi connectivity index (χ3v) is 2.30. The van der Waals surface area contributed by atoms with Crippen molar-refractivity contribution in [2.45, 2.75) is 13.5 Å². The van der Waals surface area contributed by atoms with Crippen LogP contribution in [0.2, 0.25) is 0 Å². The Hall–Kier alpha value is -1.10. The van der Waals surface area contributed by atoms with Gasteiger partial charge in [0.15, 0.2) is 0 Å². The highest BCUT2D eigenvalue weighted by atomic mass is 16.5. The van der Waals surface area contributed by atoms with Crippen LogP contribution in [0.15, 0.2) is 18.2 Å². The van der Waals surface area contributed by atoms with Crippen molar-refractivity contribution in [3.63, 3.8) is 0 Å². The summed E-state index contributed by atoms with van der Waals surface area (Å²) in [5.41, 5.74) is 1.80. The van der Waals surface area contributed by atoms with Gasteiger partial charge in [0.05, 0.1) is 26.4 Å². The highest BCUT2D eigenvalue weighted by molar-refractivity contribution is 5.33. The summed E-state index contributed by atoms with van der Waals surface area (Å²) in [6.07, 6.45) is 0. The standard InChI is InChI=1S/C12H18O4/c1-9-2-10(5-13)4-12(3-9)16-8-11(6-14)7-15/h2-4,11,13-15H,5-8H2,1H3. The Balaban J connectivity index is 2.62. The van der Waals surface area contributed by atoms with Gasteiger partial charge in [-0.05, 0) is 30.2 Å². The first-order valence-electron chi connectivity index (χ1n) is 5.25. The van der Waals surface area contributed by atoms with Crippen LogP contribution in [0.5, 0.6) is 5.75 Å². The molecule has 90 valence electrons. The van der Waals surface area contributed by atoms with Crippen LogP contribution in [0.3, 0.4) is 0 Å². The largest absolute Gasteiger partial charge is 0.493 e. The number of aliphatic hydroxyl groups excluding tert-OH is 3. The molecule has 0 aliphatic carbocycles. The van der Waals surface area contributed by atoms with Gasteiger partial charge in [-0.2, -0.15) is 0 Å². The zero-order valence-corrected chi connectivity index (χ0v) is 9.39. The molecular formula is C12H18O4. The molecule has 0 amide bonds. The van der Waals surface area contributed by atoms with Crippen LogP contribution in [-0.4, -0.2) is 35.1 Å². The summed E-state index contributed by atoms with van der Waals surface area (Å²) < 4.78 is 5.44. The quantitative estimate of drug-likeness (QED) is 0.659. The lowest BCUT2D eigenvalue weighted by Gasteiger charge is -2.13. The lowest BCUT2D eigenvalue weighted by atomic mass is 10.1. The van der Waals surface area contributed by atoms with Gasteiger partial charge < -0.3 is 20.1 Å². The Morgan fingerprint density at radius 2 is 1.81 bits per heavy atom. The van der Waals surface area contributed by atoms with Crippen molar-refractivity contribution in [2.75, 3.05) is 19.8 Å². The average Bonchev–Trinajstić information content (AvgIpc) is 2.29. The lowest BCUT2D eigenvalue weighted by molar-refractivity contribution is 0.106. The van der Waals surface area contributed by atoms with Crippen LogP contribution in [-0.2, 0) is 6.61 Å². The Morgan fingerprint density at radius 1 is 1.12 bits per heavy atom. The Bertz CT molecular complexity index is 321. The predicted molar refractivity (Wildman–Crippen MR) is 60.3 cm³/mol. The molecule has 0 aromatic heterocycles. The molecule has 0 fully saturated rings. The van der Waals surface area contributed by atoms with Gasteiger partial charge in [0, 0.05) is 5.92 Å². The van der Waals surface area contributed by atoms with E-state index in [1.54, 1.807) is 6.07 Å². The molecule has 0 unspecified atom stereocenters. The van der Waals surface area contributed by atoms with E-state index in [2.05, 4.69) is 0 Å². The molecule has 1 rings (SSSR count). The van der Waals surface area contributed by atoms with Crippen LogP contribution >= 0.6 is 0 Å². The van der Waals surface area contributed by atoms with Crippen molar-refractivity contribution >= 4 is 0 Å². The number of rotatable bonds is 6. The maximum Gasteiger partial charge on any atom is 0.119 e.